The summed E-state index contributed by atoms with van der Waals surface area (Å²) in [6.07, 6.45) is 4.75. The average Bonchev–Trinajstić information content (AvgIpc) is 3.12. The Hall–Kier alpha value is -5.96. The Labute approximate surface area is 273 Å². The second kappa shape index (κ2) is 16.9. The number of fused-ring (bicyclic) bond motifs is 1. The van der Waals surface area contributed by atoms with Crippen LogP contribution in [0.5, 0.6) is 11.5 Å². The second-order valence-electron chi connectivity index (χ2n) is 10.4. The molecule has 236 valence electrons. The predicted octanol–water partition coefficient (Wildman–Crippen LogP) is 10.6. The fourth-order valence-electron chi connectivity index (χ4n) is 4.57. The molecule has 47 heavy (non-hydrogen) atoms. The molecular weight excluding hydrogens is 592 g/mol. The van der Waals surface area contributed by atoms with Gasteiger partial charge in [-0.3, -0.25) is 0 Å². The molecule has 0 atom stereocenters. The Balaban J connectivity index is 1.10. The highest BCUT2D eigenvalue weighted by atomic mass is 16.5. The van der Waals surface area contributed by atoms with E-state index in [4.69, 9.17) is 14.2 Å². The first-order valence-corrected chi connectivity index (χ1v) is 15.3. The van der Waals surface area contributed by atoms with Gasteiger partial charge in [0.05, 0.1) is 41.5 Å². The Morgan fingerprint density at radius 2 is 1.13 bits per heavy atom. The van der Waals surface area contributed by atoms with E-state index < -0.39 is 11.9 Å². The monoisotopic (exact) mass is 626 g/mol. The van der Waals surface area contributed by atoms with E-state index in [1.165, 1.54) is 0 Å². The summed E-state index contributed by atoms with van der Waals surface area (Å²) in [5.74, 6) is 0.204. The van der Waals surface area contributed by atoms with Gasteiger partial charge >= 0.3 is 11.9 Å². The number of carbonyl (C=O) groups excluding carboxylic acids is 2. The van der Waals surface area contributed by atoms with Crippen molar-refractivity contribution in [1.29, 1.82) is 0 Å². The van der Waals surface area contributed by atoms with Gasteiger partial charge in [0.2, 0.25) is 0 Å². The maximum atomic E-state index is 12.7. The van der Waals surface area contributed by atoms with Crippen LogP contribution in [0.2, 0.25) is 0 Å². The Kier molecular flexibility index (Phi) is 11.7. The van der Waals surface area contributed by atoms with E-state index in [0.29, 0.717) is 41.7 Å². The van der Waals surface area contributed by atoms with Crippen LogP contribution < -0.4 is 9.47 Å². The number of unbranched alkanes of at least 4 members (excludes halogenated alkanes) is 3. The van der Waals surface area contributed by atoms with Crippen molar-refractivity contribution in [2.75, 3.05) is 13.2 Å². The van der Waals surface area contributed by atoms with Crippen molar-refractivity contribution in [3.8, 4) is 11.5 Å². The van der Waals surface area contributed by atoms with Crippen LogP contribution in [0.25, 0.3) is 10.8 Å². The van der Waals surface area contributed by atoms with Crippen LogP contribution in [0.1, 0.15) is 36.0 Å². The quantitative estimate of drug-likeness (QED) is 0.0377. The first-order valence-electron chi connectivity index (χ1n) is 15.3. The number of hydrogen-bond donors (Lipinski definition) is 0. The van der Waals surface area contributed by atoms with E-state index in [9.17, 15) is 9.59 Å². The second-order valence-corrected chi connectivity index (χ2v) is 10.4. The SMILES string of the molecule is C=CC(=O)OCCCCCCOc1ccc(C(=O)Oc2ccc(N=Nc3ccc(N=Nc4ccccc4)c4ccccc34)cc2)cc1. The number of nitrogens with zero attached hydrogens (tertiary/aromatic N) is 4. The molecule has 5 aromatic rings. The van der Waals surface area contributed by atoms with Gasteiger partial charge < -0.3 is 14.2 Å². The standard InChI is InChI=1S/C38H34N4O5/c1-2-37(43)46-27-11-4-3-10-26-45-31-20-16-28(17-21-31)38(44)47-32-22-18-30(19-23-32)40-42-36-25-24-35(33-14-8-9-15-34(33)36)41-39-29-12-6-5-7-13-29/h2,5-9,12-25H,1,3-4,10-11,26-27H2. The Morgan fingerprint density at radius 1 is 0.574 bits per heavy atom. The highest BCUT2D eigenvalue weighted by Crippen LogP contribution is 2.35. The van der Waals surface area contributed by atoms with E-state index >= 15 is 0 Å². The lowest BCUT2D eigenvalue weighted by Crippen LogP contribution is -2.08. The zero-order valence-electron chi connectivity index (χ0n) is 25.8. The number of hydrogen-bond acceptors (Lipinski definition) is 9. The number of carbonyl (C=O) groups is 2. The molecule has 9 heteroatoms. The summed E-state index contributed by atoms with van der Waals surface area (Å²) >= 11 is 0. The smallest absolute Gasteiger partial charge is 0.343 e. The Bertz CT molecular complexity index is 1850. The van der Waals surface area contributed by atoms with Crippen molar-refractivity contribution in [2.24, 2.45) is 20.5 Å². The number of benzene rings is 5. The summed E-state index contributed by atoms with van der Waals surface area (Å²) in [4.78, 5) is 23.7. The van der Waals surface area contributed by atoms with Crippen LogP contribution in [0.15, 0.2) is 148 Å². The molecule has 5 rings (SSSR count). The maximum absolute atomic E-state index is 12.7. The molecule has 0 aliphatic carbocycles. The third kappa shape index (κ3) is 9.76. The molecule has 0 aliphatic heterocycles. The summed E-state index contributed by atoms with van der Waals surface area (Å²) in [5.41, 5.74) is 3.24. The summed E-state index contributed by atoms with van der Waals surface area (Å²) in [5, 5.41) is 19.5. The van der Waals surface area contributed by atoms with Gasteiger partial charge in [0.15, 0.2) is 0 Å². The minimum absolute atomic E-state index is 0.395. The van der Waals surface area contributed by atoms with E-state index in [1.54, 1.807) is 48.5 Å². The maximum Gasteiger partial charge on any atom is 0.343 e. The highest BCUT2D eigenvalue weighted by molar-refractivity contribution is 5.99. The summed E-state index contributed by atoms with van der Waals surface area (Å²) in [7, 11) is 0. The predicted molar refractivity (Wildman–Crippen MR) is 182 cm³/mol. The molecule has 0 fully saturated rings. The molecule has 0 amide bonds. The van der Waals surface area contributed by atoms with E-state index in [2.05, 4.69) is 27.0 Å². The van der Waals surface area contributed by atoms with Crippen molar-refractivity contribution in [3.63, 3.8) is 0 Å². The zero-order valence-corrected chi connectivity index (χ0v) is 25.8. The van der Waals surface area contributed by atoms with Crippen LogP contribution in [0, 0.1) is 0 Å². The largest absolute Gasteiger partial charge is 0.494 e. The van der Waals surface area contributed by atoms with Crippen molar-refractivity contribution in [1.82, 2.24) is 0 Å². The summed E-state index contributed by atoms with van der Waals surface area (Å²) in [6.45, 7) is 4.33. The molecular formula is C38H34N4O5. The lowest BCUT2D eigenvalue weighted by atomic mass is 10.1. The minimum Gasteiger partial charge on any atom is -0.494 e. The van der Waals surface area contributed by atoms with Gasteiger partial charge in [0, 0.05) is 16.8 Å². The fourth-order valence-corrected chi connectivity index (χ4v) is 4.57. The third-order valence-corrected chi connectivity index (χ3v) is 7.04. The molecule has 0 heterocycles. The molecule has 0 aromatic heterocycles. The van der Waals surface area contributed by atoms with Gasteiger partial charge in [-0.15, -0.1) is 10.2 Å². The van der Waals surface area contributed by atoms with Crippen LogP contribution in [-0.2, 0) is 9.53 Å². The number of rotatable bonds is 15. The van der Waals surface area contributed by atoms with E-state index in [1.807, 2.05) is 66.7 Å². The molecule has 0 saturated heterocycles. The van der Waals surface area contributed by atoms with Crippen molar-refractivity contribution < 1.29 is 23.8 Å². The van der Waals surface area contributed by atoms with Crippen LogP contribution in [-0.4, -0.2) is 25.2 Å². The Morgan fingerprint density at radius 3 is 1.74 bits per heavy atom. The lowest BCUT2D eigenvalue weighted by Gasteiger charge is -2.08. The van der Waals surface area contributed by atoms with E-state index in [0.717, 1.165) is 53.9 Å². The molecule has 0 aliphatic rings. The lowest BCUT2D eigenvalue weighted by molar-refractivity contribution is -0.137. The highest BCUT2D eigenvalue weighted by Gasteiger charge is 2.10. The fraction of sp³-hybridized carbons (Fsp3) is 0.158. The molecule has 9 nitrogen and oxygen atoms in total. The first-order chi connectivity index (χ1) is 23.1. The average molecular weight is 627 g/mol. The summed E-state index contributed by atoms with van der Waals surface area (Å²) < 4.78 is 16.3. The van der Waals surface area contributed by atoms with Crippen LogP contribution in [0.4, 0.5) is 22.7 Å². The number of esters is 2. The van der Waals surface area contributed by atoms with Gasteiger partial charge in [-0.25, -0.2) is 9.59 Å². The minimum atomic E-state index is -0.473. The third-order valence-electron chi connectivity index (χ3n) is 7.04. The van der Waals surface area contributed by atoms with Gasteiger partial charge in [-0.1, -0.05) is 49.0 Å². The van der Waals surface area contributed by atoms with Gasteiger partial charge in [-0.05, 0) is 98.5 Å². The summed E-state index contributed by atoms with van der Waals surface area (Å²) in [6, 6.07) is 34.9. The molecule has 0 spiro atoms. The normalized spacial score (nSPS) is 11.1. The van der Waals surface area contributed by atoms with Gasteiger partial charge in [-0.2, -0.15) is 10.2 Å². The van der Waals surface area contributed by atoms with Crippen molar-refractivity contribution in [3.05, 3.63) is 133 Å². The molecule has 0 N–H and O–H groups in total. The zero-order chi connectivity index (χ0) is 32.7. The topological polar surface area (TPSA) is 111 Å². The number of ether oxygens (including phenoxy) is 3. The van der Waals surface area contributed by atoms with E-state index in [-0.39, 0.29) is 0 Å². The van der Waals surface area contributed by atoms with Crippen molar-refractivity contribution >= 4 is 45.5 Å². The molecule has 0 bridgehead atoms. The van der Waals surface area contributed by atoms with Crippen LogP contribution >= 0.6 is 0 Å². The molecule has 0 unspecified atom stereocenters. The molecule has 0 radical (unpaired) electrons. The van der Waals surface area contributed by atoms with Crippen molar-refractivity contribution in [2.45, 2.75) is 25.7 Å². The first kappa shape index (κ1) is 32.4. The number of azo groups is 2. The van der Waals surface area contributed by atoms with Crippen LogP contribution in [0.3, 0.4) is 0 Å². The molecule has 0 saturated carbocycles. The van der Waals surface area contributed by atoms with Gasteiger partial charge in [0.25, 0.3) is 0 Å². The van der Waals surface area contributed by atoms with Gasteiger partial charge in [0.1, 0.15) is 11.5 Å². The molecule has 5 aromatic carbocycles.